The summed E-state index contributed by atoms with van der Waals surface area (Å²) < 4.78 is 32.1. The third-order valence-electron chi connectivity index (χ3n) is 4.11. The van der Waals surface area contributed by atoms with Gasteiger partial charge in [0, 0.05) is 43.0 Å². The molecule has 0 radical (unpaired) electrons. The van der Waals surface area contributed by atoms with Crippen LogP contribution >= 0.6 is 11.6 Å². The van der Waals surface area contributed by atoms with Gasteiger partial charge in [-0.25, -0.2) is 8.42 Å². The van der Waals surface area contributed by atoms with Gasteiger partial charge in [0.05, 0.1) is 12.0 Å². The number of anilines is 1. The van der Waals surface area contributed by atoms with E-state index in [0.29, 0.717) is 31.2 Å². The van der Waals surface area contributed by atoms with Crippen LogP contribution in [0.5, 0.6) is 5.75 Å². The molecule has 0 amide bonds. The van der Waals surface area contributed by atoms with Crippen LogP contribution in [-0.4, -0.2) is 46.0 Å². The summed E-state index contributed by atoms with van der Waals surface area (Å²) in [5.41, 5.74) is 1.04. The fraction of sp³-hybridized carbons (Fsp3) is 0.294. The predicted octanol–water partition coefficient (Wildman–Crippen LogP) is 2.86. The van der Waals surface area contributed by atoms with Crippen molar-refractivity contribution in [1.82, 2.24) is 4.31 Å². The predicted molar refractivity (Wildman–Crippen MR) is 95.4 cm³/mol. The van der Waals surface area contributed by atoms with E-state index in [1.165, 1.54) is 4.31 Å². The van der Waals surface area contributed by atoms with E-state index in [2.05, 4.69) is 4.90 Å². The highest BCUT2D eigenvalue weighted by atomic mass is 35.5. The zero-order valence-electron chi connectivity index (χ0n) is 13.4. The lowest BCUT2D eigenvalue weighted by Gasteiger charge is -2.35. The Morgan fingerprint density at radius 1 is 1.00 bits per heavy atom. The van der Waals surface area contributed by atoms with Crippen LogP contribution in [0.15, 0.2) is 53.4 Å². The molecule has 1 saturated heterocycles. The molecule has 5 nitrogen and oxygen atoms in total. The minimum Gasteiger partial charge on any atom is -0.497 e. The Balaban J connectivity index is 1.71. The van der Waals surface area contributed by atoms with Crippen molar-refractivity contribution in [3.63, 3.8) is 0 Å². The normalized spacial score (nSPS) is 16.2. The van der Waals surface area contributed by atoms with Crippen LogP contribution in [0, 0.1) is 0 Å². The molecule has 1 aliphatic rings. The number of halogens is 1. The van der Waals surface area contributed by atoms with Crippen molar-refractivity contribution < 1.29 is 13.2 Å². The highest BCUT2D eigenvalue weighted by Gasteiger charge is 2.28. The van der Waals surface area contributed by atoms with Crippen molar-refractivity contribution in [3.05, 3.63) is 53.6 Å². The number of ether oxygens (including phenoxy) is 1. The minimum absolute atomic E-state index is 0.279. The smallest absolute Gasteiger partial charge is 0.243 e. The standard InChI is InChI=1S/C17H19ClN2O3S/c1-23-16-4-2-3-15(13-16)19-9-11-20(12-10-19)24(21,22)17-7-5-14(18)6-8-17/h2-8,13H,9-12H2,1H3. The van der Waals surface area contributed by atoms with E-state index in [9.17, 15) is 8.42 Å². The number of rotatable bonds is 4. The Bertz CT molecular complexity index is 801. The van der Waals surface area contributed by atoms with Crippen molar-refractivity contribution in [2.24, 2.45) is 0 Å². The second kappa shape index (κ2) is 7.01. The van der Waals surface area contributed by atoms with E-state index in [1.54, 1.807) is 31.4 Å². The molecule has 128 valence electrons. The summed E-state index contributed by atoms with van der Waals surface area (Å²) in [6, 6.07) is 14.1. The molecule has 1 fully saturated rings. The number of sulfonamides is 1. The van der Waals surface area contributed by atoms with Gasteiger partial charge < -0.3 is 9.64 Å². The lowest BCUT2D eigenvalue weighted by molar-refractivity contribution is 0.384. The summed E-state index contributed by atoms with van der Waals surface area (Å²) >= 11 is 5.83. The van der Waals surface area contributed by atoms with Crippen molar-refractivity contribution in [2.75, 3.05) is 38.2 Å². The number of hydrogen-bond acceptors (Lipinski definition) is 4. The highest BCUT2D eigenvalue weighted by Crippen LogP contribution is 2.24. The summed E-state index contributed by atoms with van der Waals surface area (Å²) in [4.78, 5) is 2.44. The van der Waals surface area contributed by atoms with Crippen LogP contribution in [0.25, 0.3) is 0 Å². The summed E-state index contributed by atoms with van der Waals surface area (Å²) in [5.74, 6) is 0.795. The molecule has 0 aromatic heterocycles. The Labute approximate surface area is 147 Å². The first-order chi connectivity index (χ1) is 11.5. The second-order valence-electron chi connectivity index (χ2n) is 5.55. The molecular formula is C17H19ClN2O3S. The Hall–Kier alpha value is -1.76. The third-order valence-corrected chi connectivity index (χ3v) is 6.27. The third kappa shape index (κ3) is 3.50. The van der Waals surface area contributed by atoms with Gasteiger partial charge in [-0.05, 0) is 36.4 Å². The van der Waals surface area contributed by atoms with Crippen LogP contribution in [-0.2, 0) is 10.0 Å². The molecular weight excluding hydrogens is 348 g/mol. The van der Waals surface area contributed by atoms with Gasteiger partial charge in [-0.2, -0.15) is 4.31 Å². The van der Waals surface area contributed by atoms with Crippen molar-refractivity contribution in [2.45, 2.75) is 4.90 Å². The maximum absolute atomic E-state index is 12.7. The maximum Gasteiger partial charge on any atom is 0.243 e. The minimum atomic E-state index is -3.47. The average molecular weight is 367 g/mol. The van der Waals surface area contributed by atoms with Gasteiger partial charge >= 0.3 is 0 Å². The molecule has 2 aromatic carbocycles. The van der Waals surface area contributed by atoms with Crippen LogP contribution in [0.2, 0.25) is 5.02 Å². The Morgan fingerprint density at radius 2 is 1.67 bits per heavy atom. The molecule has 24 heavy (non-hydrogen) atoms. The van der Waals surface area contributed by atoms with Crippen LogP contribution in [0.4, 0.5) is 5.69 Å². The molecule has 0 spiro atoms. The van der Waals surface area contributed by atoms with E-state index in [0.717, 1.165) is 11.4 Å². The lowest BCUT2D eigenvalue weighted by atomic mass is 10.2. The fourth-order valence-corrected chi connectivity index (χ4v) is 4.30. The van der Waals surface area contributed by atoms with Gasteiger partial charge in [0.2, 0.25) is 10.0 Å². The zero-order valence-corrected chi connectivity index (χ0v) is 14.9. The zero-order chi connectivity index (χ0) is 17.2. The molecule has 7 heteroatoms. The SMILES string of the molecule is COc1cccc(N2CCN(S(=O)(=O)c3ccc(Cl)cc3)CC2)c1. The molecule has 1 heterocycles. The number of methoxy groups -OCH3 is 1. The molecule has 0 saturated carbocycles. The summed E-state index contributed by atoms with van der Waals surface area (Å²) in [6.45, 7) is 2.17. The first-order valence-corrected chi connectivity index (χ1v) is 9.47. The van der Waals surface area contributed by atoms with Gasteiger partial charge in [-0.1, -0.05) is 17.7 Å². The molecule has 2 aromatic rings. The van der Waals surface area contributed by atoms with E-state index >= 15 is 0 Å². The van der Waals surface area contributed by atoms with Crippen molar-refractivity contribution in [1.29, 1.82) is 0 Å². The van der Waals surface area contributed by atoms with E-state index in [-0.39, 0.29) is 4.90 Å². The number of piperazine rings is 1. The lowest BCUT2D eigenvalue weighted by Crippen LogP contribution is -2.48. The Morgan fingerprint density at radius 3 is 2.29 bits per heavy atom. The largest absolute Gasteiger partial charge is 0.497 e. The van der Waals surface area contributed by atoms with Gasteiger partial charge in [-0.3, -0.25) is 0 Å². The number of nitrogens with zero attached hydrogens (tertiary/aromatic N) is 2. The molecule has 0 atom stereocenters. The quantitative estimate of drug-likeness (QED) is 0.834. The number of hydrogen-bond donors (Lipinski definition) is 0. The molecule has 1 aliphatic heterocycles. The van der Waals surface area contributed by atoms with E-state index in [4.69, 9.17) is 16.3 Å². The maximum atomic E-state index is 12.7. The molecule has 0 N–H and O–H groups in total. The van der Waals surface area contributed by atoms with Crippen LogP contribution in [0.1, 0.15) is 0 Å². The van der Waals surface area contributed by atoms with Gasteiger partial charge in [0.1, 0.15) is 5.75 Å². The molecule has 0 aliphatic carbocycles. The second-order valence-corrected chi connectivity index (χ2v) is 7.92. The van der Waals surface area contributed by atoms with Crippen LogP contribution in [0.3, 0.4) is 0 Å². The first-order valence-electron chi connectivity index (χ1n) is 7.65. The van der Waals surface area contributed by atoms with Crippen molar-refractivity contribution >= 4 is 27.3 Å². The molecule has 0 unspecified atom stereocenters. The fourth-order valence-electron chi connectivity index (χ4n) is 2.75. The van der Waals surface area contributed by atoms with Gasteiger partial charge in [-0.15, -0.1) is 0 Å². The topological polar surface area (TPSA) is 49.9 Å². The van der Waals surface area contributed by atoms with Crippen LogP contribution < -0.4 is 9.64 Å². The summed E-state index contributed by atoms with van der Waals surface area (Å²) in [6.07, 6.45) is 0. The summed E-state index contributed by atoms with van der Waals surface area (Å²) in [7, 11) is -1.84. The van der Waals surface area contributed by atoms with Gasteiger partial charge in [0.15, 0.2) is 0 Å². The molecule has 3 rings (SSSR count). The van der Waals surface area contributed by atoms with E-state index in [1.807, 2.05) is 24.3 Å². The van der Waals surface area contributed by atoms with E-state index < -0.39 is 10.0 Å². The number of benzene rings is 2. The Kier molecular flexibility index (Phi) is 4.99. The monoisotopic (exact) mass is 366 g/mol. The van der Waals surface area contributed by atoms with Gasteiger partial charge in [0.25, 0.3) is 0 Å². The van der Waals surface area contributed by atoms with Crippen molar-refractivity contribution in [3.8, 4) is 5.75 Å². The average Bonchev–Trinajstić information content (AvgIpc) is 2.62. The summed E-state index contributed by atoms with van der Waals surface area (Å²) in [5, 5.41) is 0.525. The highest BCUT2D eigenvalue weighted by molar-refractivity contribution is 7.89. The molecule has 0 bridgehead atoms. The first kappa shape index (κ1) is 17.1.